The summed E-state index contributed by atoms with van der Waals surface area (Å²) in [5.41, 5.74) is 3.16. The molecule has 2 aliphatic rings. The molecule has 2 aromatic carbocycles. The molecule has 1 aromatic heterocycles. The molecular formula is C27H28F5N5O3. The summed E-state index contributed by atoms with van der Waals surface area (Å²) in [6.45, 7) is 5.64. The van der Waals surface area contributed by atoms with Gasteiger partial charge in [0.25, 0.3) is 0 Å². The third kappa shape index (κ3) is 8.09. The molecule has 13 heteroatoms. The van der Waals surface area contributed by atoms with Crippen LogP contribution in [0, 0.1) is 11.6 Å². The van der Waals surface area contributed by atoms with E-state index < -0.39 is 23.8 Å². The van der Waals surface area contributed by atoms with E-state index in [-0.39, 0.29) is 11.6 Å². The van der Waals surface area contributed by atoms with E-state index in [1.807, 2.05) is 17.0 Å². The molecule has 0 spiro atoms. The van der Waals surface area contributed by atoms with Crippen molar-refractivity contribution in [3.8, 4) is 11.3 Å². The van der Waals surface area contributed by atoms with Crippen LogP contribution in [0.5, 0.6) is 0 Å². The summed E-state index contributed by atoms with van der Waals surface area (Å²) >= 11 is 0. The molecule has 40 heavy (non-hydrogen) atoms. The number of hydrogen-bond acceptors (Lipinski definition) is 7. The standard InChI is InChI=1S/C25H27F2N5O.C2HF3O2/c26-20-13-19(14-22(15-20)32-8-10-33-11-9-32)24-23(27)16-28-25(30-24)29-21-5-3-4-18(12-21)17-31-6-1-2-7-31;3-2(4,5)1(6)7/h3-5,12-16H,1-2,6-11,17H2,(H,28,29,30);(H,6,7). The molecule has 0 saturated carbocycles. The van der Waals surface area contributed by atoms with Crippen LogP contribution >= 0.6 is 0 Å². The van der Waals surface area contributed by atoms with E-state index in [9.17, 15) is 22.0 Å². The van der Waals surface area contributed by atoms with Crippen molar-refractivity contribution < 1.29 is 36.6 Å². The lowest BCUT2D eigenvalue weighted by Crippen LogP contribution is -2.36. The number of morpholine rings is 1. The zero-order valence-electron chi connectivity index (χ0n) is 21.4. The van der Waals surface area contributed by atoms with E-state index in [1.54, 1.807) is 6.07 Å². The fourth-order valence-corrected chi connectivity index (χ4v) is 4.42. The monoisotopic (exact) mass is 565 g/mol. The Bertz CT molecular complexity index is 1310. The van der Waals surface area contributed by atoms with E-state index >= 15 is 0 Å². The van der Waals surface area contributed by atoms with E-state index in [4.69, 9.17) is 14.6 Å². The third-order valence-electron chi connectivity index (χ3n) is 6.31. The molecular weight excluding hydrogens is 537 g/mol. The van der Waals surface area contributed by atoms with Crippen molar-refractivity contribution in [1.82, 2.24) is 14.9 Å². The number of carboxylic acid groups (broad SMARTS) is 1. The molecule has 0 atom stereocenters. The number of nitrogens with one attached hydrogen (secondary N) is 1. The Labute approximate surface area is 227 Å². The average molecular weight is 566 g/mol. The van der Waals surface area contributed by atoms with Gasteiger partial charge in [0.05, 0.1) is 19.4 Å². The summed E-state index contributed by atoms with van der Waals surface area (Å²) in [5.74, 6) is -3.52. The molecule has 5 rings (SSSR count). The molecule has 0 unspecified atom stereocenters. The third-order valence-corrected chi connectivity index (χ3v) is 6.31. The normalized spacial score (nSPS) is 15.9. The summed E-state index contributed by atoms with van der Waals surface area (Å²) in [6.07, 6.45) is -1.47. The Morgan fingerprint density at radius 2 is 1.73 bits per heavy atom. The number of halogens is 5. The summed E-state index contributed by atoms with van der Waals surface area (Å²) in [6, 6.07) is 12.6. The second-order valence-corrected chi connectivity index (χ2v) is 9.30. The highest BCUT2D eigenvalue weighted by Crippen LogP contribution is 2.29. The second kappa shape index (κ2) is 13.0. The van der Waals surface area contributed by atoms with Crippen molar-refractivity contribution in [3.63, 3.8) is 0 Å². The quantitative estimate of drug-likeness (QED) is 0.393. The zero-order chi connectivity index (χ0) is 28.7. The van der Waals surface area contributed by atoms with Gasteiger partial charge in [-0.25, -0.2) is 23.5 Å². The van der Waals surface area contributed by atoms with Crippen molar-refractivity contribution in [2.75, 3.05) is 49.6 Å². The van der Waals surface area contributed by atoms with Gasteiger partial charge < -0.3 is 20.1 Å². The van der Waals surface area contributed by atoms with Gasteiger partial charge in [-0.2, -0.15) is 13.2 Å². The molecule has 2 fully saturated rings. The maximum absolute atomic E-state index is 14.7. The number of aliphatic carboxylic acids is 1. The van der Waals surface area contributed by atoms with Gasteiger partial charge in [-0.1, -0.05) is 12.1 Å². The summed E-state index contributed by atoms with van der Waals surface area (Å²) < 4.78 is 66.2. The van der Waals surface area contributed by atoms with Crippen molar-refractivity contribution in [2.24, 2.45) is 0 Å². The number of benzene rings is 2. The molecule has 8 nitrogen and oxygen atoms in total. The molecule has 0 aliphatic carbocycles. The fraction of sp³-hybridized carbons (Fsp3) is 0.370. The number of nitrogens with zero attached hydrogens (tertiary/aromatic N) is 4. The minimum absolute atomic E-state index is 0.0646. The van der Waals surface area contributed by atoms with E-state index in [1.165, 1.54) is 30.5 Å². The van der Waals surface area contributed by atoms with Crippen LogP contribution < -0.4 is 10.2 Å². The fourth-order valence-electron chi connectivity index (χ4n) is 4.42. The van der Waals surface area contributed by atoms with Crippen molar-refractivity contribution >= 4 is 23.3 Å². The maximum Gasteiger partial charge on any atom is 0.490 e. The van der Waals surface area contributed by atoms with Crippen molar-refractivity contribution in [2.45, 2.75) is 25.6 Å². The predicted molar refractivity (Wildman–Crippen MR) is 138 cm³/mol. The molecule has 0 radical (unpaired) electrons. The van der Waals surface area contributed by atoms with Gasteiger partial charge in [-0.3, -0.25) is 4.90 Å². The molecule has 2 aliphatic heterocycles. The first-order chi connectivity index (χ1) is 19.1. The summed E-state index contributed by atoms with van der Waals surface area (Å²) in [5, 5.41) is 10.3. The maximum atomic E-state index is 14.7. The van der Waals surface area contributed by atoms with Gasteiger partial charge >= 0.3 is 12.1 Å². The number of carbonyl (C=O) groups is 1. The van der Waals surface area contributed by atoms with Gasteiger partial charge in [-0.15, -0.1) is 0 Å². The molecule has 214 valence electrons. The Morgan fingerprint density at radius 1 is 1.02 bits per heavy atom. The van der Waals surface area contributed by atoms with Gasteiger partial charge in [-0.05, 0) is 61.8 Å². The lowest BCUT2D eigenvalue weighted by atomic mass is 10.1. The Morgan fingerprint density at radius 3 is 2.40 bits per heavy atom. The number of alkyl halides is 3. The molecule has 0 bridgehead atoms. The minimum Gasteiger partial charge on any atom is -0.475 e. The van der Waals surface area contributed by atoms with Gasteiger partial charge in [0, 0.05) is 36.6 Å². The van der Waals surface area contributed by atoms with E-state index in [2.05, 4.69) is 32.3 Å². The summed E-state index contributed by atoms with van der Waals surface area (Å²) in [7, 11) is 0. The SMILES string of the molecule is Fc1cc(-c2nc(Nc3cccc(CN4CCCC4)c3)ncc2F)cc(N2CCOCC2)c1.O=C(O)C(F)(F)F. The van der Waals surface area contributed by atoms with Gasteiger partial charge in [0.15, 0.2) is 5.82 Å². The molecule has 2 N–H and O–H groups in total. The number of carboxylic acids is 1. The highest BCUT2D eigenvalue weighted by Gasteiger charge is 2.38. The first kappa shape index (κ1) is 29.2. The van der Waals surface area contributed by atoms with Crippen molar-refractivity contribution in [3.05, 3.63) is 65.9 Å². The van der Waals surface area contributed by atoms with Crippen LogP contribution in [0.4, 0.5) is 39.3 Å². The van der Waals surface area contributed by atoms with E-state index in [0.717, 1.165) is 31.5 Å². The number of ether oxygens (including phenoxy) is 1. The first-order valence-corrected chi connectivity index (χ1v) is 12.6. The molecule has 0 amide bonds. The van der Waals surface area contributed by atoms with Crippen LogP contribution in [0.1, 0.15) is 18.4 Å². The van der Waals surface area contributed by atoms with Gasteiger partial charge in [0.1, 0.15) is 11.5 Å². The van der Waals surface area contributed by atoms with Crippen LogP contribution in [0.15, 0.2) is 48.7 Å². The van der Waals surface area contributed by atoms with Crippen LogP contribution in [0.3, 0.4) is 0 Å². The minimum atomic E-state index is -5.08. The Balaban J connectivity index is 0.000000470. The number of anilines is 3. The lowest BCUT2D eigenvalue weighted by molar-refractivity contribution is -0.192. The molecule has 2 saturated heterocycles. The first-order valence-electron chi connectivity index (χ1n) is 12.6. The van der Waals surface area contributed by atoms with Crippen molar-refractivity contribution in [1.29, 1.82) is 0 Å². The smallest absolute Gasteiger partial charge is 0.475 e. The van der Waals surface area contributed by atoms with Crippen LogP contribution in [0.2, 0.25) is 0 Å². The largest absolute Gasteiger partial charge is 0.490 e. The van der Waals surface area contributed by atoms with Crippen LogP contribution in [-0.2, 0) is 16.1 Å². The lowest BCUT2D eigenvalue weighted by Gasteiger charge is -2.29. The topological polar surface area (TPSA) is 90.8 Å². The highest BCUT2D eigenvalue weighted by atomic mass is 19.4. The Hall–Kier alpha value is -3.84. The number of hydrogen-bond donors (Lipinski definition) is 2. The number of likely N-dealkylation sites (tertiary alicyclic amines) is 1. The summed E-state index contributed by atoms with van der Waals surface area (Å²) in [4.78, 5) is 21.8. The molecule has 3 aromatic rings. The van der Waals surface area contributed by atoms with Gasteiger partial charge in [0.2, 0.25) is 5.95 Å². The predicted octanol–water partition coefficient (Wildman–Crippen LogP) is 5.23. The number of aromatic nitrogens is 2. The molecule has 3 heterocycles. The van der Waals surface area contributed by atoms with Crippen LogP contribution in [-0.4, -0.2) is 71.5 Å². The highest BCUT2D eigenvalue weighted by molar-refractivity contribution is 5.73. The Kier molecular flexibility index (Phi) is 9.48. The van der Waals surface area contributed by atoms with Crippen LogP contribution in [0.25, 0.3) is 11.3 Å². The second-order valence-electron chi connectivity index (χ2n) is 9.30. The van der Waals surface area contributed by atoms with E-state index in [0.29, 0.717) is 37.6 Å². The average Bonchev–Trinajstić information content (AvgIpc) is 3.43. The number of rotatable bonds is 6. The zero-order valence-corrected chi connectivity index (χ0v) is 21.4.